The van der Waals surface area contributed by atoms with Crippen molar-refractivity contribution in [2.24, 2.45) is 5.92 Å². The zero-order valence-electron chi connectivity index (χ0n) is 19.6. The van der Waals surface area contributed by atoms with E-state index >= 15 is 0 Å². The van der Waals surface area contributed by atoms with Gasteiger partial charge in [0.1, 0.15) is 12.6 Å². The van der Waals surface area contributed by atoms with Crippen molar-refractivity contribution in [1.82, 2.24) is 10.6 Å². The molecule has 1 aliphatic rings. The Morgan fingerprint density at radius 3 is 2.21 bits per heavy atom. The summed E-state index contributed by atoms with van der Waals surface area (Å²) in [5.41, 5.74) is 4.65. The Balaban J connectivity index is 1.41. The first-order valence-electron chi connectivity index (χ1n) is 11.5. The molecule has 8 heteroatoms. The molecule has 0 radical (unpaired) electrons. The molecule has 34 heavy (non-hydrogen) atoms. The van der Waals surface area contributed by atoms with Gasteiger partial charge in [-0.15, -0.1) is 0 Å². The summed E-state index contributed by atoms with van der Waals surface area (Å²) in [5.74, 6) is -1.40. The fraction of sp³-hybridized carbons (Fsp3) is 0.423. The van der Waals surface area contributed by atoms with Crippen molar-refractivity contribution in [3.63, 3.8) is 0 Å². The molecule has 0 spiro atoms. The number of carboxylic acids is 1. The van der Waals surface area contributed by atoms with Crippen molar-refractivity contribution in [3.05, 3.63) is 59.7 Å². The number of amides is 2. The molecule has 2 atom stereocenters. The predicted molar refractivity (Wildman–Crippen MR) is 128 cm³/mol. The molecule has 0 aromatic heterocycles. The van der Waals surface area contributed by atoms with Gasteiger partial charge in [0, 0.05) is 39.0 Å². The number of fused-ring (bicyclic) bond motifs is 3. The second-order valence-electron chi connectivity index (χ2n) is 8.59. The van der Waals surface area contributed by atoms with Crippen molar-refractivity contribution in [2.75, 3.05) is 26.9 Å². The number of nitrogens with one attached hydrogen (secondary N) is 2. The SMILES string of the molecule is COCCC(NC(=O)CCC(C)CNC(=O)OCC1c2ccccc2-c2ccccc21)C(=O)O. The lowest BCUT2D eigenvalue weighted by atomic mass is 9.98. The Bertz CT molecular complexity index is 963. The third-order valence-corrected chi connectivity index (χ3v) is 6.05. The van der Waals surface area contributed by atoms with Gasteiger partial charge in [-0.25, -0.2) is 9.59 Å². The maximum Gasteiger partial charge on any atom is 0.407 e. The summed E-state index contributed by atoms with van der Waals surface area (Å²) in [5, 5.41) is 14.4. The minimum absolute atomic E-state index is 0.000409. The van der Waals surface area contributed by atoms with E-state index in [4.69, 9.17) is 9.47 Å². The quantitative estimate of drug-likeness (QED) is 0.439. The molecule has 182 valence electrons. The van der Waals surface area contributed by atoms with E-state index in [0.717, 1.165) is 11.1 Å². The first kappa shape index (κ1) is 25.2. The highest BCUT2D eigenvalue weighted by atomic mass is 16.5. The van der Waals surface area contributed by atoms with Crippen LogP contribution in [0.15, 0.2) is 48.5 Å². The van der Waals surface area contributed by atoms with Crippen molar-refractivity contribution in [3.8, 4) is 11.1 Å². The van der Waals surface area contributed by atoms with E-state index in [2.05, 4.69) is 34.9 Å². The number of hydrogen-bond donors (Lipinski definition) is 3. The first-order chi connectivity index (χ1) is 16.4. The molecule has 2 unspecified atom stereocenters. The third-order valence-electron chi connectivity index (χ3n) is 6.05. The second-order valence-corrected chi connectivity index (χ2v) is 8.59. The van der Waals surface area contributed by atoms with E-state index in [0.29, 0.717) is 13.0 Å². The van der Waals surface area contributed by atoms with Gasteiger partial charge in [0.15, 0.2) is 0 Å². The second kappa shape index (κ2) is 12.2. The normalized spacial score (nSPS) is 13.9. The van der Waals surface area contributed by atoms with Crippen LogP contribution in [0.4, 0.5) is 4.79 Å². The van der Waals surface area contributed by atoms with E-state index in [1.165, 1.54) is 18.2 Å². The summed E-state index contributed by atoms with van der Waals surface area (Å²) < 4.78 is 10.4. The molecule has 2 aromatic rings. The van der Waals surface area contributed by atoms with Crippen LogP contribution < -0.4 is 10.6 Å². The Kier molecular flexibility index (Phi) is 9.04. The Hall–Kier alpha value is -3.39. The largest absolute Gasteiger partial charge is 0.480 e. The molecule has 0 saturated carbocycles. The van der Waals surface area contributed by atoms with Crippen molar-refractivity contribution < 1.29 is 29.0 Å². The number of carboxylic acid groups (broad SMARTS) is 1. The monoisotopic (exact) mass is 468 g/mol. The standard InChI is InChI=1S/C26H32N2O6/c1-17(11-12-24(29)28-23(25(30)31)13-14-33-2)15-27-26(32)34-16-22-20-9-5-3-7-18(20)19-8-4-6-10-21(19)22/h3-10,17,22-23H,11-16H2,1-2H3,(H,27,32)(H,28,29)(H,30,31). The molecule has 3 N–H and O–H groups in total. The summed E-state index contributed by atoms with van der Waals surface area (Å²) in [4.78, 5) is 35.6. The Morgan fingerprint density at radius 2 is 1.62 bits per heavy atom. The van der Waals surface area contributed by atoms with Crippen LogP contribution in [0, 0.1) is 5.92 Å². The van der Waals surface area contributed by atoms with Crippen molar-refractivity contribution in [2.45, 2.75) is 38.1 Å². The molecular weight excluding hydrogens is 436 g/mol. The molecule has 0 bridgehead atoms. The fourth-order valence-electron chi connectivity index (χ4n) is 4.15. The molecule has 0 heterocycles. The zero-order valence-corrected chi connectivity index (χ0v) is 19.6. The summed E-state index contributed by atoms with van der Waals surface area (Å²) >= 11 is 0. The third kappa shape index (κ3) is 6.57. The maximum atomic E-state index is 12.3. The lowest BCUT2D eigenvalue weighted by Gasteiger charge is -2.17. The Morgan fingerprint density at radius 1 is 1.00 bits per heavy atom. The lowest BCUT2D eigenvalue weighted by molar-refractivity contribution is -0.142. The van der Waals surface area contributed by atoms with Crippen LogP contribution in [0.25, 0.3) is 11.1 Å². The van der Waals surface area contributed by atoms with Crippen molar-refractivity contribution >= 4 is 18.0 Å². The van der Waals surface area contributed by atoms with E-state index in [9.17, 15) is 19.5 Å². The van der Waals surface area contributed by atoms with Crippen LogP contribution in [0.2, 0.25) is 0 Å². The highest BCUT2D eigenvalue weighted by Gasteiger charge is 2.29. The van der Waals surface area contributed by atoms with Gasteiger partial charge in [-0.2, -0.15) is 0 Å². The molecule has 1 aliphatic carbocycles. The highest BCUT2D eigenvalue weighted by Crippen LogP contribution is 2.44. The highest BCUT2D eigenvalue weighted by molar-refractivity contribution is 5.83. The van der Waals surface area contributed by atoms with E-state index in [1.807, 2.05) is 31.2 Å². The summed E-state index contributed by atoms with van der Waals surface area (Å²) in [7, 11) is 1.48. The minimum Gasteiger partial charge on any atom is -0.480 e. The van der Waals surface area contributed by atoms with Crippen LogP contribution in [0.5, 0.6) is 0 Å². The van der Waals surface area contributed by atoms with Gasteiger partial charge in [0.25, 0.3) is 0 Å². The maximum absolute atomic E-state index is 12.3. The molecule has 2 aromatic carbocycles. The average molecular weight is 469 g/mol. The van der Waals surface area contributed by atoms with Crippen LogP contribution in [0.1, 0.15) is 43.2 Å². The average Bonchev–Trinajstić information content (AvgIpc) is 3.16. The van der Waals surface area contributed by atoms with Crippen LogP contribution in [-0.4, -0.2) is 56.0 Å². The van der Waals surface area contributed by atoms with Crippen LogP contribution >= 0.6 is 0 Å². The number of benzene rings is 2. The minimum atomic E-state index is -1.09. The summed E-state index contributed by atoms with van der Waals surface area (Å²) in [6, 6.07) is 15.3. The van der Waals surface area contributed by atoms with Gasteiger partial charge in [0.05, 0.1) is 0 Å². The van der Waals surface area contributed by atoms with E-state index in [1.54, 1.807) is 0 Å². The summed E-state index contributed by atoms with van der Waals surface area (Å²) in [6.45, 7) is 2.76. The molecule has 2 amide bonds. The van der Waals surface area contributed by atoms with Gasteiger partial charge in [-0.05, 0) is 34.6 Å². The number of aliphatic carboxylic acids is 1. The van der Waals surface area contributed by atoms with Gasteiger partial charge in [-0.1, -0.05) is 55.5 Å². The summed E-state index contributed by atoms with van der Waals surface area (Å²) in [6.07, 6.45) is 0.385. The topological polar surface area (TPSA) is 114 Å². The van der Waals surface area contributed by atoms with Gasteiger partial charge in [0.2, 0.25) is 5.91 Å². The number of hydrogen-bond acceptors (Lipinski definition) is 5. The molecule has 3 rings (SSSR count). The zero-order chi connectivity index (χ0) is 24.5. The molecule has 0 saturated heterocycles. The van der Waals surface area contributed by atoms with E-state index in [-0.39, 0.29) is 43.8 Å². The van der Waals surface area contributed by atoms with E-state index < -0.39 is 18.1 Å². The Labute approximate surface area is 199 Å². The molecular formula is C26H32N2O6. The van der Waals surface area contributed by atoms with Crippen LogP contribution in [0.3, 0.4) is 0 Å². The van der Waals surface area contributed by atoms with Gasteiger partial charge in [-0.3, -0.25) is 4.79 Å². The molecule has 8 nitrogen and oxygen atoms in total. The first-order valence-corrected chi connectivity index (χ1v) is 11.5. The van der Waals surface area contributed by atoms with Gasteiger partial charge < -0.3 is 25.2 Å². The smallest absolute Gasteiger partial charge is 0.407 e. The molecule has 0 fully saturated rings. The van der Waals surface area contributed by atoms with Crippen LogP contribution in [-0.2, 0) is 19.1 Å². The predicted octanol–water partition coefficient (Wildman–Crippen LogP) is 3.55. The number of alkyl carbamates (subject to hydrolysis) is 1. The number of rotatable bonds is 12. The van der Waals surface area contributed by atoms with Gasteiger partial charge >= 0.3 is 12.1 Å². The fourth-order valence-corrected chi connectivity index (χ4v) is 4.15. The lowest BCUT2D eigenvalue weighted by Crippen LogP contribution is -2.41. The number of carbonyl (C=O) groups is 3. The van der Waals surface area contributed by atoms with Crippen molar-refractivity contribution in [1.29, 1.82) is 0 Å². The number of methoxy groups -OCH3 is 1. The molecule has 0 aliphatic heterocycles. The number of carbonyl (C=O) groups excluding carboxylic acids is 2. The number of ether oxygens (including phenoxy) is 2.